The van der Waals surface area contributed by atoms with E-state index in [1.807, 2.05) is 23.5 Å². The minimum atomic E-state index is 0. The Kier molecular flexibility index (Phi) is 9.49. The standard InChI is InChI=1S/C19H27N3O2S.HI/c1-2-17-5-6-18(25-17)13-22-19(21-12-15-8-11-23-14-15)20-9-7-16-4-3-10-24-16;/h3-6,10,15H,2,7-9,11-14H2,1H3,(H2,20,21,22);1H. The molecular weight excluding hydrogens is 461 g/mol. The summed E-state index contributed by atoms with van der Waals surface area (Å²) in [4.78, 5) is 7.46. The van der Waals surface area contributed by atoms with Crippen LogP contribution >= 0.6 is 35.3 Å². The Bertz CT molecular complexity index is 652. The number of hydrogen-bond acceptors (Lipinski definition) is 4. The number of aliphatic imine (C=N–C) groups is 1. The van der Waals surface area contributed by atoms with Gasteiger partial charge < -0.3 is 19.8 Å². The molecule has 0 saturated carbocycles. The van der Waals surface area contributed by atoms with Crippen LogP contribution < -0.4 is 10.6 Å². The van der Waals surface area contributed by atoms with Gasteiger partial charge in [-0.15, -0.1) is 35.3 Å². The van der Waals surface area contributed by atoms with Gasteiger partial charge in [-0.25, -0.2) is 4.99 Å². The van der Waals surface area contributed by atoms with Crippen LogP contribution in [0, 0.1) is 5.92 Å². The Morgan fingerprint density at radius 2 is 2.15 bits per heavy atom. The number of nitrogens with zero attached hydrogens (tertiary/aromatic N) is 1. The van der Waals surface area contributed by atoms with E-state index in [4.69, 9.17) is 14.1 Å². The molecule has 0 aliphatic carbocycles. The highest BCUT2D eigenvalue weighted by atomic mass is 127. The molecule has 2 aromatic rings. The van der Waals surface area contributed by atoms with Gasteiger partial charge in [0.15, 0.2) is 5.96 Å². The molecule has 0 spiro atoms. The first-order chi connectivity index (χ1) is 12.3. The summed E-state index contributed by atoms with van der Waals surface area (Å²) in [5.41, 5.74) is 0. The quantitative estimate of drug-likeness (QED) is 0.336. The summed E-state index contributed by atoms with van der Waals surface area (Å²) < 4.78 is 10.8. The second-order valence-corrected chi connectivity index (χ2v) is 7.51. The Labute approximate surface area is 176 Å². The second-order valence-electron chi connectivity index (χ2n) is 6.25. The van der Waals surface area contributed by atoms with E-state index in [2.05, 4.69) is 29.7 Å². The molecule has 1 saturated heterocycles. The monoisotopic (exact) mass is 489 g/mol. The van der Waals surface area contributed by atoms with Gasteiger partial charge in [-0.3, -0.25) is 0 Å². The Hall–Kier alpha value is -1.06. The van der Waals surface area contributed by atoms with Crippen molar-refractivity contribution in [3.63, 3.8) is 0 Å². The summed E-state index contributed by atoms with van der Waals surface area (Å²) in [5.74, 6) is 2.43. The van der Waals surface area contributed by atoms with Crippen molar-refractivity contribution in [1.29, 1.82) is 0 Å². The van der Waals surface area contributed by atoms with E-state index in [0.29, 0.717) is 12.5 Å². The molecule has 0 amide bonds. The first kappa shape index (κ1) is 21.2. The number of hydrogen-bond donors (Lipinski definition) is 2. The van der Waals surface area contributed by atoms with Crippen molar-refractivity contribution < 1.29 is 9.15 Å². The highest BCUT2D eigenvalue weighted by molar-refractivity contribution is 14.0. The minimum Gasteiger partial charge on any atom is -0.469 e. The summed E-state index contributed by atoms with van der Waals surface area (Å²) in [6.45, 7) is 6.31. The number of furan rings is 1. The van der Waals surface area contributed by atoms with E-state index < -0.39 is 0 Å². The van der Waals surface area contributed by atoms with E-state index in [0.717, 1.165) is 57.3 Å². The Morgan fingerprint density at radius 3 is 2.85 bits per heavy atom. The van der Waals surface area contributed by atoms with Crippen LogP contribution in [0.4, 0.5) is 0 Å². The van der Waals surface area contributed by atoms with Crippen LogP contribution in [-0.4, -0.2) is 32.3 Å². The third-order valence-electron chi connectivity index (χ3n) is 4.28. The van der Waals surface area contributed by atoms with Crippen LogP contribution in [0.2, 0.25) is 0 Å². The fourth-order valence-electron chi connectivity index (χ4n) is 2.77. The summed E-state index contributed by atoms with van der Waals surface area (Å²) in [5, 5.41) is 6.88. The fraction of sp³-hybridized carbons (Fsp3) is 0.526. The molecule has 0 bridgehead atoms. The lowest BCUT2D eigenvalue weighted by molar-refractivity contribution is 0.186. The van der Waals surface area contributed by atoms with E-state index in [1.165, 1.54) is 9.75 Å². The molecule has 7 heteroatoms. The van der Waals surface area contributed by atoms with Gasteiger partial charge in [-0.2, -0.15) is 0 Å². The molecule has 1 aliphatic rings. The topological polar surface area (TPSA) is 58.8 Å². The molecule has 1 aliphatic heterocycles. The number of rotatable bonds is 8. The molecule has 0 aromatic carbocycles. The maximum Gasteiger partial charge on any atom is 0.191 e. The van der Waals surface area contributed by atoms with Gasteiger partial charge in [0.05, 0.1) is 19.4 Å². The van der Waals surface area contributed by atoms with Crippen LogP contribution in [-0.2, 0) is 24.1 Å². The van der Waals surface area contributed by atoms with Gasteiger partial charge in [-0.1, -0.05) is 6.92 Å². The SMILES string of the molecule is CCc1ccc(CN=C(NCCc2ccco2)NCC2CCOC2)s1.I. The van der Waals surface area contributed by atoms with Crippen molar-refractivity contribution in [2.24, 2.45) is 10.9 Å². The van der Waals surface area contributed by atoms with Crippen LogP contribution in [0.1, 0.15) is 28.9 Å². The minimum absolute atomic E-state index is 0. The lowest BCUT2D eigenvalue weighted by Crippen LogP contribution is -2.40. The summed E-state index contributed by atoms with van der Waals surface area (Å²) >= 11 is 1.84. The lowest BCUT2D eigenvalue weighted by Gasteiger charge is -2.14. The predicted molar refractivity (Wildman–Crippen MR) is 118 cm³/mol. The highest BCUT2D eigenvalue weighted by Crippen LogP contribution is 2.17. The third-order valence-corrected chi connectivity index (χ3v) is 5.50. The zero-order valence-corrected chi connectivity index (χ0v) is 18.3. The van der Waals surface area contributed by atoms with Crippen LogP contribution in [0.5, 0.6) is 0 Å². The normalized spacial score (nSPS) is 17.1. The van der Waals surface area contributed by atoms with Gasteiger partial charge in [0.1, 0.15) is 5.76 Å². The largest absolute Gasteiger partial charge is 0.469 e. The number of nitrogens with one attached hydrogen (secondary N) is 2. The van der Waals surface area contributed by atoms with E-state index in [9.17, 15) is 0 Å². The number of thiophene rings is 1. The summed E-state index contributed by atoms with van der Waals surface area (Å²) in [7, 11) is 0. The molecule has 5 nitrogen and oxygen atoms in total. The molecule has 2 N–H and O–H groups in total. The van der Waals surface area contributed by atoms with Gasteiger partial charge >= 0.3 is 0 Å². The number of ether oxygens (including phenoxy) is 1. The van der Waals surface area contributed by atoms with E-state index >= 15 is 0 Å². The maximum absolute atomic E-state index is 5.45. The summed E-state index contributed by atoms with van der Waals surface area (Å²) in [6, 6.07) is 8.30. The Balaban J connectivity index is 0.00000243. The van der Waals surface area contributed by atoms with Crippen molar-refractivity contribution in [2.45, 2.75) is 32.7 Å². The van der Waals surface area contributed by atoms with Crippen LogP contribution in [0.15, 0.2) is 39.9 Å². The van der Waals surface area contributed by atoms with Gasteiger partial charge in [0.25, 0.3) is 0 Å². The van der Waals surface area contributed by atoms with Crippen molar-refractivity contribution in [1.82, 2.24) is 10.6 Å². The fourth-order valence-corrected chi connectivity index (χ4v) is 3.66. The second kappa shape index (κ2) is 11.6. The first-order valence-corrected chi connectivity index (χ1v) is 9.85. The molecule has 26 heavy (non-hydrogen) atoms. The van der Waals surface area contributed by atoms with E-state index in [-0.39, 0.29) is 24.0 Å². The number of halogens is 1. The molecule has 1 atom stereocenters. The molecule has 1 unspecified atom stereocenters. The zero-order valence-electron chi connectivity index (χ0n) is 15.2. The maximum atomic E-state index is 5.45. The van der Waals surface area contributed by atoms with Crippen molar-refractivity contribution in [2.75, 3.05) is 26.3 Å². The van der Waals surface area contributed by atoms with Crippen LogP contribution in [0.25, 0.3) is 0 Å². The average Bonchev–Trinajstić information content (AvgIpc) is 3.39. The molecule has 144 valence electrons. The number of guanidine groups is 1. The first-order valence-electron chi connectivity index (χ1n) is 9.03. The smallest absolute Gasteiger partial charge is 0.191 e. The van der Waals surface area contributed by atoms with Gasteiger partial charge in [0.2, 0.25) is 0 Å². The summed E-state index contributed by atoms with van der Waals surface area (Å²) in [6.07, 6.45) is 4.77. The van der Waals surface area contributed by atoms with Crippen LogP contribution in [0.3, 0.4) is 0 Å². The van der Waals surface area contributed by atoms with E-state index in [1.54, 1.807) is 6.26 Å². The van der Waals surface area contributed by atoms with Gasteiger partial charge in [0, 0.05) is 41.8 Å². The Morgan fingerprint density at radius 1 is 1.27 bits per heavy atom. The third kappa shape index (κ3) is 6.92. The molecule has 2 aromatic heterocycles. The van der Waals surface area contributed by atoms with Crippen molar-refractivity contribution in [3.8, 4) is 0 Å². The molecular formula is C19H28IN3O2S. The predicted octanol–water partition coefficient (Wildman–Crippen LogP) is 3.84. The highest BCUT2D eigenvalue weighted by Gasteiger charge is 2.15. The average molecular weight is 489 g/mol. The lowest BCUT2D eigenvalue weighted by atomic mass is 10.1. The van der Waals surface area contributed by atoms with Crippen molar-refractivity contribution >= 4 is 41.3 Å². The molecule has 3 heterocycles. The van der Waals surface area contributed by atoms with Gasteiger partial charge in [-0.05, 0) is 37.1 Å². The molecule has 1 fully saturated rings. The van der Waals surface area contributed by atoms with Crippen molar-refractivity contribution in [3.05, 3.63) is 46.0 Å². The number of aryl methyl sites for hydroxylation is 1. The molecule has 3 rings (SSSR count). The molecule has 0 radical (unpaired) electrons. The zero-order chi connectivity index (χ0) is 17.3.